The fourth-order valence-corrected chi connectivity index (χ4v) is 5.77. The first-order valence-corrected chi connectivity index (χ1v) is 10.8. The number of hydrogen-bond donors (Lipinski definition) is 0. The molecule has 1 aliphatic rings. The van der Waals surface area contributed by atoms with Gasteiger partial charge >= 0.3 is 0 Å². The second kappa shape index (κ2) is 7.59. The first-order chi connectivity index (χ1) is 12.4. The second-order valence-corrected chi connectivity index (χ2v) is 9.06. The van der Waals surface area contributed by atoms with Crippen molar-refractivity contribution in [3.8, 4) is 0 Å². The van der Waals surface area contributed by atoms with E-state index in [4.69, 9.17) is 0 Å². The van der Waals surface area contributed by atoms with Crippen LogP contribution in [0.15, 0.2) is 24.3 Å². The maximum absolute atomic E-state index is 13.8. The van der Waals surface area contributed by atoms with E-state index in [9.17, 15) is 17.6 Å². The molecule has 0 saturated carbocycles. The molecule has 2 aromatic rings. The number of thiophene rings is 1. The lowest BCUT2D eigenvalue weighted by atomic mass is 10.2. The standard InChI is InChI=1S/C17H22FN3O3S2/c1-3-20(4-2)26(23,24)21-10-8-19(9-11-21)17(22)16-12-13-14(18)6-5-7-15(13)25-16/h5-7,12H,3-4,8-11H2,1-2H3. The third-order valence-corrected chi connectivity index (χ3v) is 7.88. The third-order valence-electron chi connectivity index (χ3n) is 4.60. The number of halogens is 1. The average Bonchev–Trinajstić information content (AvgIpc) is 3.08. The molecule has 6 nitrogen and oxygen atoms in total. The van der Waals surface area contributed by atoms with Crippen molar-refractivity contribution in [2.75, 3.05) is 39.3 Å². The number of fused-ring (bicyclic) bond motifs is 1. The summed E-state index contributed by atoms with van der Waals surface area (Å²) in [7, 11) is -3.48. The molecule has 1 fully saturated rings. The van der Waals surface area contributed by atoms with E-state index in [0.29, 0.717) is 36.4 Å². The lowest BCUT2D eigenvalue weighted by Crippen LogP contribution is -2.54. The minimum absolute atomic E-state index is 0.175. The van der Waals surface area contributed by atoms with E-state index in [2.05, 4.69) is 0 Å². The molecular weight excluding hydrogens is 377 g/mol. The van der Waals surface area contributed by atoms with Gasteiger partial charge in [-0.15, -0.1) is 11.3 Å². The average molecular weight is 400 g/mol. The van der Waals surface area contributed by atoms with E-state index in [1.807, 2.05) is 0 Å². The molecule has 26 heavy (non-hydrogen) atoms. The molecule has 1 saturated heterocycles. The smallest absolute Gasteiger partial charge is 0.282 e. The van der Waals surface area contributed by atoms with E-state index >= 15 is 0 Å². The molecule has 1 aliphatic heterocycles. The Morgan fingerprint density at radius 3 is 2.42 bits per heavy atom. The lowest BCUT2D eigenvalue weighted by molar-refractivity contribution is 0.0699. The van der Waals surface area contributed by atoms with Gasteiger partial charge in [0.05, 0.1) is 4.88 Å². The number of carbonyl (C=O) groups excluding carboxylic acids is 1. The van der Waals surface area contributed by atoms with Crippen LogP contribution < -0.4 is 0 Å². The number of rotatable bonds is 5. The van der Waals surface area contributed by atoms with Gasteiger partial charge in [0.25, 0.3) is 16.1 Å². The Balaban J connectivity index is 1.71. The van der Waals surface area contributed by atoms with Crippen LogP contribution in [0.3, 0.4) is 0 Å². The van der Waals surface area contributed by atoms with Gasteiger partial charge in [0.1, 0.15) is 5.82 Å². The molecule has 0 radical (unpaired) electrons. The first kappa shape index (κ1) is 19.2. The molecule has 0 unspecified atom stereocenters. The summed E-state index contributed by atoms with van der Waals surface area (Å²) in [5.41, 5.74) is 0. The summed E-state index contributed by atoms with van der Waals surface area (Å²) >= 11 is 1.26. The van der Waals surface area contributed by atoms with Crippen molar-refractivity contribution >= 4 is 37.5 Å². The molecule has 1 amide bonds. The van der Waals surface area contributed by atoms with Crippen LogP contribution >= 0.6 is 11.3 Å². The molecular formula is C17H22FN3O3S2. The van der Waals surface area contributed by atoms with Crippen LogP contribution in [0.1, 0.15) is 23.5 Å². The number of piperazine rings is 1. The summed E-state index contributed by atoms with van der Waals surface area (Å²) in [5.74, 6) is -0.515. The Morgan fingerprint density at radius 2 is 1.85 bits per heavy atom. The normalized spacial score (nSPS) is 16.5. The fourth-order valence-electron chi connectivity index (χ4n) is 3.12. The largest absolute Gasteiger partial charge is 0.335 e. The minimum Gasteiger partial charge on any atom is -0.335 e. The first-order valence-electron chi connectivity index (χ1n) is 8.61. The van der Waals surface area contributed by atoms with E-state index in [1.165, 1.54) is 26.0 Å². The quantitative estimate of drug-likeness (QED) is 0.776. The molecule has 2 heterocycles. The van der Waals surface area contributed by atoms with Crippen molar-refractivity contribution in [2.24, 2.45) is 0 Å². The van der Waals surface area contributed by atoms with Gasteiger partial charge in [-0.2, -0.15) is 17.0 Å². The van der Waals surface area contributed by atoms with Crippen molar-refractivity contribution in [3.05, 3.63) is 35.0 Å². The summed E-state index contributed by atoms with van der Waals surface area (Å²) < 4.78 is 42.5. The zero-order chi connectivity index (χ0) is 18.9. The third kappa shape index (κ3) is 3.48. The predicted molar refractivity (Wildman–Crippen MR) is 101 cm³/mol. The van der Waals surface area contributed by atoms with Gasteiger partial charge in [-0.05, 0) is 18.2 Å². The highest BCUT2D eigenvalue weighted by atomic mass is 32.2. The molecule has 142 valence electrons. The van der Waals surface area contributed by atoms with Crippen LogP contribution in [0.5, 0.6) is 0 Å². The predicted octanol–water partition coefficient (Wildman–Crippen LogP) is 2.38. The fraction of sp³-hybridized carbons (Fsp3) is 0.471. The lowest BCUT2D eigenvalue weighted by Gasteiger charge is -2.36. The van der Waals surface area contributed by atoms with Gasteiger partial charge in [0.2, 0.25) is 0 Å². The summed E-state index contributed by atoms with van der Waals surface area (Å²) in [6.07, 6.45) is 0. The molecule has 1 aromatic heterocycles. The molecule has 0 N–H and O–H groups in total. The summed E-state index contributed by atoms with van der Waals surface area (Å²) in [5, 5.41) is 0.448. The number of carbonyl (C=O) groups is 1. The maximum Gasteiger partial charge on any atom is 0.282 e. The van der Waals surface area contributed by atoms with Crippen LogP contribution in [0.4, 0.5) is 4.39 Å². The van der Waals surface area contributed by atoms with Crippen LogP contribution in [-0.4, -0.2) is 67.1 Å². The molecule has 9 heteroatoms. The second-order valence-electron chi connectivity index (χ2n) is 6.05. The summed E-state index contributed by atoms with van der Waals surface area (Å²) in [6.45, 7) is 5.65. The Labute approximate surface area is 157 Å². The number of benzene rings is 1. The zero-order valence-electron chi connectivity index (χ0n) is 14.8. The molecule has 0 bridgehead atoms. The van der Waals surface area contributed by atoms with Crippen molar-refractivity contribution in [2.45, 2.75) is 13.8 Å². The van der Waals surface area contributed by atoms with E-state index < -0.39 is 10.2 Å². The van der Waals surface area contributed by atoms with Crippen molar-refractivity contribution in [3.63, 3.8) is 0 Å². The Bertz CT molecular complexity index is 901. The van der Waals surface area contributed by atoms with Crippen molar-refractivity contribution in [1.82, 2.24) is 13.5 Å². The highest BCUT2D eigenvalue weighted by molar-refractivity contribution is 7.86. The topological polar surface area (TPSA) is 60.9 Å². The molecule has 1 aromatic carbocycles. The van der Waals surface area contributed by atoms with Gasteiger partial charge in [-0.1, -0.05) is 19.9 Å². The van der Waals surface area contributed by atoms with E-state index in [-0.39, 0.29) is 24.8 Å². The summed E-state index contributed by atoms with van der Waals surface area (Å²) in [4.78, 5) is 14.8. The molecule has 3 rings (SSSR count). The van der Waals surface area contributed by atoms with Crippen LogP contribution in [-0.2, 0) is 10.2 Å². The number of hydrogen-bond acceptors (Lipinski definition) is 4. The van der Waals surface area contributed by atoms with Crippen molar-refractivity contribution < 1.29 is 17.6 Å². The highest BCUT2D eigenvalue weighted by Crippen LogP contribution is 2.29. The zero-order valence-corrected chi connectivity index (χ0v) is 16.4. The van der Waals surface area contributed by atoms with Crippen molar-refractivity contribution in [1.29, 1.82) is 0 Å². The van der Waals surface area contributed by atoms with Gasteiger partial charge < -0.3 is 4.90 Å². The molecule has 0 atom stereocenters. The minimum atomic E-state index is -3.48. The Morgan fingerprint density at radius 1 is 1.19 bits per heavy atom. The number of amides is 1. The SMILES string of the molecule is CCN(CC)S(=O)(=O)N1CCN(C(=O)c2cc3c(F)cccc3s2)CC1. The van der Waals surface area contributed by atoms with E-state index in [1.54, 1.807) is 36.9 Å². The van der Waals surface area contributed by atoms with Crippen LogP contribution in [0.25, 0.3) is 10.1 Å². The van der Waals surface area contributed by atoms with Gasteiger partial charge in [-0.25, -0.2) is 4.39 Å². The molecule has 0 aliphatic carbocycles. The Kier molecular flexibility index (Phi) is 5.61. The van der Waals surface area contributed by atoms with Gasteiger partial charge in [-0.3, -0.25) is 4.79 Å². The summed E-state index contributed by atoms with van der Waals surface area (Å²) in [6, 6.07) is 6.37. The van der Waals surface area contributed by atoms with Crippen LogP contribution in [0.2, 0.25) is 0 Å². The number of nitrogens with zero attached hydrogens (tertiary/aromatic N) is 3. The monoisotopic (exact) mass is 399 g/mol. The molecule has 0 spiro atoms. The van der Waals surface area contributed by atoms with Gasteiger partial charge in [0, 0.05) is 49.4 Å². The van der Waals surface area contributed by atoms with E-state index in [0.717, 1.165) is 4.70 Å². The van der Waals surface area contributed by atoms with Gasteiger partial charge in [0.15, 0.2) is 0 Å². The highest BCUT2D eigenvalue weighted by Gasteiger charge is 2.32. The maximum atomic E-state index is 13.8. The Hall–Kier alpha value is -1.55. The van der Waals surface area contributed by atoms with Crippen LogP contribution in [0, 0.1) is 5.82 Å².